The quantitative estimate of drug-likeness (QED) is 0.429. The van der Waals surface area contributed by atoms with Crippen molar-refractivity contribution in [2.45, 2.75) is 6.92 Å². The first-order valence-electron chi connectivity index (χ1n) is 2.22. The number of carbonyl (C=O) groups is 1. The van der Waals surface area contributed by atoms with Crippen LogP contribution in [0.25, 0.3) is 0 Å². The molecule has 0 rings (SSSR count). The molecule has 0 atom stereocenters. The van der Waals surface area contributed by atoms with Crippen molar-refractivity contribution in [2.75, 3.05) is 0 Å². The van der Waals surface area contributed by atoms with Crippen molar-refractivity contribution in [3.8, 4) is 0 Å². The molecule has 2 N–H and O–H groups in total. The Labute approximate surface area is 150 Å². The van der Waals surface area contributed by atoms with Crippen LogP contribution in [0.5, 0.6) is 0 Å². The number of rotatable bonds is 0. The fourth-order valence-corrected chi connectivity index (χ4v) is 0. The van der Waals surface area contributed by atoms with Crippen molar-refractivity contribution in [3.05, 3.63) is 0 Å². The zero-order valence-corrected chi connectivity index (χ0v) is 16.1. The van der Waals surface area contributed by atoms with Gasteiger partial charge in [0.25, 0.3) is 0 Å². The number of primary amides is 1. The molecule has 0 aliphatic rings. The maximum Gasteiger partial charge on any atom is 2.00 e. The van der Waals surface area contributed by atoms with E-state index in [4.69, 9.17) is 28.1 Å². The van der Waals surface area contributed by atoms with E-state index in [2.05, 4.69) is 5.73 Å². The van der Waals surface area contributed by atoms with E-state index < -0.39 is 18.3 Å². The summed E-state index contributed by atoms with van der Waals surface area (Å²) in [4.78, 5) is 43.3. The Morgan fingerprint density at radius 1 is 1.00 bits per heavy atom. The van der Waals surface area contributed by atoms with Crippen molar-refractivity contribution in [2.24, 2.45) is 5.73 Å². The molecule has 1 amide bonds. The van der Waals surface area contributed by atoms with Gasteiger partial charge in [0.15, 0.2) is 0 Å². The number of nitrogens with two attached hydrogens (primary N) is 1. The predicted molar refractivity (Wildman–Crippen MR) is 33.5 cm³/mol. The normalized spacial score (nSPS) is 4.87. The van der Waals surface area contributed by atoms with Crippen LogP contribution in [-0.2, 0) is 13.7 Å². The summed E-state index contributed by atoms with van der Waals surface area (Å²) in [6.07, 6.45) is 0. The van der Waals surface area contributed by atoms with Crippen LogP contribution in [0.2, 0.25) is 0 Å². The smallest absolute Gasteiger partial charge is 0.672 e. The molecule has 15 heavy (non-hydrogen) atoms. The molecule has 0 aromatic carbocycles. The van der Waals surface area contributed by atoms with E-state index in [0.29, 0.717) is 0 Å². The molecule has 0 bridgehead atoms. The second kappa shape index (κ2) is 29.5. The topological polar surface area (TPSA) is 169 Å². The van der Waals surface area contributed by atoms with Gasteiger partial charge in [-0.25, -0.2) is 0 Å². The van der Waals surface area contributed by atoms with Crippen LogP contribution in [0, 0.1) is 0 Å². The monoisotopic (exact) mass is 281 g/mol. The second-order valence-electron chi connectivity index (χ2n) is 1.11. The Balaban J connectivity index is -0.0000000184. The Kier molecular flexibility index (Phi) is 70.8. The summed E-state index contributed by atoms with van der Waals surface area (Å²) >= 11 is 0. The molecule has 72 valence electrons. The average molecular weight is 282 g/mol. The van der Waals surface area contributed by atoms with Gasteiger partial charge in [0.1, 0.15) is 0 Å². The Morgan fingerprint density at radius 3 is 1.00 bits per heavy atom. The van der Waals surface area contributed by atoms with E-state index in [-0.39, 0.29) is 88.1 Å². The molecule has 0 aromatic heterocycles. The third-order valence-corrected chi connectivity index (χ3v) is 0. The second-order valence-corrected chi connectivity index (χ2v) is 2.11. The van der Waals surface area contributed by atoms with Crippen molar-refractivity contribution in [3.63, 3.8) is 0 Å². The van der Waals surface area contributed by atoms with Crippen molar-refractivity contribution in [1.82, 2.24) is 0 Å². The minimum atomic E-state index is -3.63. The molecule has 0 saturated heterocycles. The molecular formula is C2H5MgNNa2O7Si2. The van der Waals surface area contributed by atoms with Gasteiger partial charge >= 0.3 is 82.2 Å². The molecule has 8 nitrogen and oxygen atoms in total. The van der Waals surface area contributed by atoms with Crippen LogP contribution in [0.4, 0.5) is 0 Å². The zero-order chi connectivity index (χ0) is 10.7. The summed E-state index contributed by atoms with van der Waals surface area (Å²) in [5, 5.41) is 0. The van der Waals surface area contributed by atoms with Gasteiger partial charge in [0, 0.05) is 25.3 Å². The van der Waals surface area contributed by atoms with Gasteiger partial charge in [-0.1, -0.05) is 0 Å². The summed E-state index contributed by atoms with van der Waals surface area (Å²) < 4.78 is 17.0. The first-order chi connectivity index (χ1) is 5.20. The third-order valence-electron chi connectivity index (χ3n) is 0. The fraction of sp³-hybridized carbons (Fsp3) is 0.500. The van der Waals surface area contributed by atoms with Crippen LogP contribution in [0.1, 0.15) is 6.92 Å². The van der Waals surface area contributed by atoms with Crippen LogP contribution in [-0.4, -0.2) is 47.3 Å². The van der Waals surface area contributed by atoms with Gasteiger partial charge in [0.2, 0.25) is 5.91 Å². The van der Waals surface area contributed by atoms with Gasteiger partial charge in [-0.2, -0.15) is 0 Å². The number of hydrogen-bond donors (Lipinski definition) is 1. The molecular weight excluding hydrogens is 276 g/mol. The van der Waals surface area contributed by atoms with E-state index in [1.165, 1.54) is 6.92 Å². The Bertz CT molecular complexity index is 131. The van der Waals surface area contributed by atoms with E-state index >= 15 is 0 Å². The van der Waals surface area contributed by atoms with Gasteiger partial charge < -0.3 is 33.8 Å². The third kappa shape index (κ3) is 1300. The van der Waals surface area contributed by atoms with Crippen molar-refractivity contribution in [1.29, 1.82) is 0 Å². The minimum Gasteiger partial charge on any atom is -0.672 e. The predicted octanol–water partition coefficient (Wildman–Crippen LogP) is -12.6. The van der Waals surface area contributed by atoms with Gasteiger partial charge in [-0.05, 0) is 0 Å². The number of amides is 1. The Morgan fingerprint density at radius 2 is 1.00 bits per heavy atom. The summed E-state index contributed by atoms with van der Waals surface area (Å²) in [7, 11) is -7.26. The van der Waals surface area contributed by atoms with Gasteiger partial charge in [-0.15, -0.1) is 0 Å². The summed E-state index contributed by atoms with van der Waals surface area (Å²) in [6.45, 7) is 1.31. The van der Waals surface area contributed by atoms with E-state index in [0.717, 1.165) is 0 Å². The molecule has 0 aliphatic heterocycles. The van der Waals surface area contributed by atoms with Crippen molar-refractivity contribution < 1.29 is 92.0 Å². The molecule has 0 radical (unpaired) electrons. The average Bonchev–Trinajstić information content (AvgIpc) is 1.54. The van der Waals surface area contributed by atoms with Gasteiger partial charge in [0.05, 0.1) is 0 Å². The minimum absolute atomic E-state index is 0. The van der Waals surface area contributed by atoms with Crippen LogP contribution in [0.15, 0.2) is 0 Å². The van der Waals surface area contributed by atoms with Gasteiger partial charge in [-0.3, -0.25) is 4.79 Å². The molecule has 0 aromatic rings. The maximum atomic E-state index is 9.22. The molecule has 0 unspecified atom stereocenters. The van der Waals surface area contributed by atoms with Crippen molar-refractivity contribution >= 4 is 47.3 Å². The largest absolute Gasteiger partial charge is 2.00 e. The first-order valence-corrected chi connectivity index (χ1v) is 4.67. The molecule has 13 heteroatoms. The Hall–Kier alpha value is 1.47. The maximum absolute atomic E-state index is 9.22. The number of hydrogen-bond acceptors (Lipinski definition) is 7. The fourth-order valence-electron chi connectivity index (χ4n) is 0. The van der Waals surface area contributed by atoms with Crippen LogP contribution in [0.3, 0.4) is 0 Å². The van der Waals surface area contributed by atoms with Crippen LogP contribution < -0.4 is 84.0 Å². The molecule has 0 saturated carbocycles. The molecule has 0 heterocycles. The molecule has 0 spiro atoms. The van der Waals surface area contributed by atoms with E-state index in [1.807, 2.05) is 0 Å². The summed E-state index contributed by atoms with van der Waals surface area (Å²) in [5.41, 5.74) is 4.47. The zero-order valence-electron chi connectivity index (χ0n) is 8.64. The SMILES string of the molecule is CC(N)=O.O=[Si]([O-])[O-].O=[Si]([O-])[O-].[Mg+2].[Na+].[Na+]. The first kappa shape index (κ1) is 36.0. The van der Waals surface area contributed by atoms with E-state index in [9.17, 15) is 4.79 Å². The molecule has 0 fully saturated rings. The number of carbonyl (C=O) groups excluding carboxylic acids is 1. The van der Waals surface area contributed by atoms with E-state index in [1.54, 1.807) is 0 Å². The summed E-state index contributed by atoms with van der Waals surface area (Å²) in [6, 6.07) is 0. The molecule has 0 aliphatic carbocycles. The standard InChI is InChI=1S/C2H5NO.Mg.2Na.2O3Si/c1-2(3)4;;;;2*1-4(2)3/h1H3,(H2,3,4);;;;;/q;+2;2*+1;2*-2. The van der Waals surface area contributed by atoms with Crippen LogP contribution >= 0.6 is 0 Å². The summed E-state index contributed by atoms with van der Waals surface area (Å²) in [5.74, 6) is -0.333.